The Morgan fingerprint density at radius 1 is 1.05 bits per heavy atom. The van der Waals surface area contributed by atoms with Gasteiger partial charge in [0.1, 0.15) is 28.0 Å². The zero-order valence-electron chi connectivity index (χ0n) is 19.2. The molecule has 2 aromatic carbocycles. The average molecular weight is 528 g/mol. The zero-order valence-corrected chi connectivity index (χ0v) is 20.8. The Bertz CT molecular complexity index is 1790. The minimum absolute atomic E-state index is 0.105. The first-order valence-electron chi connectivity index (χ1n) is 11.1. The van der Waals surface area contributed by atoms with E-state index in [1.165, 1.54) is 10.8 Å². The molecule has 0 fully saturated rings. The van der Waals surface area contributed by atoms with Crippen LogP contribution in [0.15, 0.2) is 98.8 Å². The number of amides is 1. The smallest absolute Gasteiger partial charge is 0.273 e. The van der Waals surface area contributed by atoms with Crippen molar-refractivity contribution in [1.29, 1.82) is 5.26 Å². The highest BCUT2D eigenvalue weighted by Crippen LogP contribution is 2.29. The number of rotatable bonds is 6. The Kier molecular flexibility index (Phi) is 6.90. The van der Waals surface area contributed by atoms with Gasteiger partial charge >= 0.3 is 0 Å². The largest absolute Gasteiger partial charge is 0.467 e. The monoisotopic (exact) mass is 527 g/mol. The normalized spacial score (nSPS) is 12.3. The maximum Gasteiger partial charge on any atom is 0.273 e. The van der Waals surface area contributed by atoms with E-state index in [4.69, 9.17) is 20.4 Å². The Balaban J connectivity index is 1.63. The van der Waals surface area contributed by atoms with Gasteiger partial charge in [-0.05, 0) is 48.5 Å². The van der Waals surface area contributed by atoms with Crippen LogP contribution >= 0.6 is 22.9 Å². The lowest BCUT2D eigenvalue weighted by Gasteiger charge is -2.04. The van der Waals surface area contributed by atoms with E-state index in [9.17, 15) is 14.9 Å². The second kappa shape index (κ2) is 10.6. The Hall–Kier alpha value is -4.58. The number of para-hydroxylation sites is 1. The summed E-state index contributed by atoms with van der Waals surface area (Å²) in [6.07, 6.45) is 3.09. The quantitative estimate of drug-likeness (QED) is 0.356. The number of aromatic nitrogens is 1. The molecule has 1 N–H and O–H groups in total. The summed E-state index contributed by atoms with van der Waals surface area (Å²) in [7, 11) is 0. The molecule has 0 unspecified atom stereocenters. The van der Waals surface area contributed by atoms with Crippen molar-refractivity contribution in [1.82, 2.24) is 9.88 Å². The van der Waals surface area contributed by atoms with Crippen LogP contribution in [0.3, 0.4) is 0 Å². The molecule has 0 aliphatic rings. The topological polar surface area (TPSA) is 101 Å². The van der Waals surface area contributed by atoms with Crippen molar-refractivity contribution in [3.63, 3.8) is 0 Å². The van der Waals surface area contributed by atoms with Crippen molar-refractivity contribution in [2.45, 2.75) is 6.54 Å². The molecule has 3 heterocycles. The second-order valence-corrected chi connectivity index (χ2v) is 9.26. The van der Waals surface area contributed by atoms with Crippen molar-refractivity contribution in [3.05, 3.63) is 121 Å². The highest BCUT2D eigenvalue weighted by Gasteiger charge is 2.17. The van der Waals surface area contributed by atoms with Gasteiger partial charge in [0.2, 0.25) is 0 Å². The number of thiazole rings is 1. The van der Waals surface area contributed by atoms with Crippen molar-refractivity contribution >= 4 is 40.5 Å². The summed E-state index contributed by atoms with van der Waals surface area (Å²) < 4.78 is 13.0. The van der Waals surface area contributed by atoms with E-state index in [1.807, 2.05) is 30.3 Å². The molecule has 0 spiro atoms. The molecular formula is C28H18ClN3O4S. The first-order valence-corrected chi connectivity index (χ1v) is 12.3. The molecule has 1 amide bonds. The molecule has 0 aliphatic heterocycles. The number of hydrogen-bond acceptors (Lipinski definition) is 6. The molecule has 0 saturated carbocycles. The number of carbonyl (C=O) groups excluding carboxylic acids is 1. The number of hydrogen-bond donors (Lipinski definition) is 1. The van der Waals surface area contributed by atoms with E-state index in [-0.39, 0.29) is 22.3 Å². The molecule has 0 atom stereocenters. The molecule has 7 nitrogen and oxygen atoms in total. The van der Waals surface area contributed by atoms with Crippen LogP contribution in [0.4, 0.5) is 0 Å². The minimum atomic E-state index is -0.615. The number of benzene rings is 2. The van der Waals surface area contributed by atoms with Crippen LogP contribution in [0.1, 0.15) is 11.5 Å². The van der Waals surface area contributed by atoms with Gasteiger partial charge in [0, 0.05) is 11.6 Å². The molecule has 37 heavy (non-hydrogen) atoms. The van der Waals surface area contributed by atoms with Crippen LogP contribution in [0.2, 0.25) is 5.02 Å². The number of furan rings is 2. The van der Waals surface area contributed by atoms with Crippen LogP contribution in [0, 0.1) is 11.3 Å². The fraction of sp³-hybridized carbons (Fsp3) is 0.0357. The predicted molar refractivity (Wildman–Crippen MR) is 141 cm³/mol. The van der Waals surface area contributed by atoms with E-state index in [0.29, 0.717) is 32.5 Å². The summed E-state index contributed by atoms with van der Waals surface area (Å²) in [6, 6.07) is 25.0. The summed E-state index contributed by atoms with van der Waals surface area (Å²) in [5.41, 5.74) is 0.689. The van der Waals surface area contributed by atoms with Crippen molar-refractivity contribution in [2.24, 2.45) is 0 Å². The number of halogens is 1. The van der Waals surface area contributed by atoms with Crippen LogP contribution in [-0.2, 0) is 11.3 Å². The lowest BCUT2D eigenvalue weighted by atomic mass is 10.2. The summed E-state index contributed by atoms with van der Waals surface area (Å²) in [4.78, 5) is 26.5. The third-order valence-electron chi connectivity index (χ3n) is 5.43. The first-order chi connectivity index (χ1) is 18.0. The first kappa shape index (κ1) is 24.1. The van der Waals surface area contributed by atoms with Gasteiger partial charge in [-0.15, -0.1) is 11.3 Å². The van der Waals surface area contributed by atoms with Gasteiger partial charge in [-0.2, -0.15) is 5.26 Å². The summed E-state index contributed by atoms with van der Waals surface area (Å²) >= 11 is 7.32. The molecule has 9 heteroatoms. The fourth-order valence-corrected chi connectivity index (χ4v) is 5.00. The Morgan fingerprint density at radius 2 is 1.84 bits per heavy atom. The van der Waals surface area contributed by atoms with Crippen LogP contribution < -0.4 is 20.1 Å². The number of nitrogens with zero attached hydrogens (tertiary/aromatic N) is 2. The van der Waals surface area contributed by atoms with E-state index >= 15 is 0 Å². The standard InChI is InChI=1S/C28H18ClN3O4S/c29-23-11-5-4-10-21(23)24-13-12-19(36-24)15-25-27(34)32(18-7-2-1-3-8-18)28(37-25)22(16-30)26(33)31-17-20-9-6-14-35-20/h1-15H,17H2,(H,31,33)/b25-15-,28-22-. The molecule has 182 valence electrons. The van der Waals surface area contributed by atoms with Gasteiger partial charge < -0.3 is 14.2 Å². The van der Waals surface area contributed by atoms with Gasteiger partial charge in [-0.25, -0.2) is 0 Å². The average Bonchev–Trinajstić information content (AvgIpc) is 3.66. The SMILES string of the molecule is N#C/C(C(=O)NCc1ccco1)=c1/s/c(=C\c2ccc(-c3ccccc3Cl)o2)c(=O)n1-c1ccccc1. The molecule has 5 rings (SSSR count). The zero-order chi connectivity index (χ0) is 25.8. The van der Waals surface area contributed by atoms with Crippen LogP contribution in [0.25, 0.3) is 28.7 Å². The third-order valence-corrected chi connectivity index (χ3v) is 6.86. The fourth-order valence-electron chi connectivity index (χ4n) is 3.69. The van der Waals surface area contributed by atoms with Crippen molar-refractivity contribution in [2.75, 3.05) is 0 Å². The predicted octanol–water partition coefficient (Wildman–Crippen LogP) is 4.22. The number of nitrogens with one attached hydrogen (secondary N) is 1. The van der Waals surface area contributed by atoms with Gasteiger partial charge in [0.25, 0.3) is 11.5 Å². The van der Waals surface area contributed by atoms with E-state index in [0.717, 1.165) is 16.9 Å². The van der Waals surface area contributed by atoms with Gasteiger partial charge in [-0.1, -0.05) is 41.9 Å². The molecule has 0 aliphatic carbocycles. The molecule has 5 aromatic rings. The highest BCUT2D eigenvalue weighted by molar-refractivity contribution is 7.07. The van der Waals surface area contributed by atoms with Gasteiger partial charge in [0.15, 0.2) is 5.57 Å². The Morgan fingerprint density at radius 3 is 2.57 bits per heavy atom. The number of nitriles is 1. The lowest BCUT2D eigenvalue weighted by molar-refractivity contribution is -0.115. The van der Waals surface area contributed by atoms with Crippen LogP contribution in [-0.4, -0.2) is 10.5 Å². The van der Waals surface area contributed by atoms with Gasteiger partial charge in [-0.3, -0.25) is 14.2 Å². The highest BCUT2D eigenvalue weighted by atomic mass is 35.5. The molecule has 0 bridgehead atoms. The third kappa shape index (κ3) is 5.05. The van der Waals surface area contributed by atoms with Crippen molar-refractivity contribution in [3.8, 4) is 23.1 Å². The van der Waals surface area contributed by atoms with E-state index in [1.54, 1.807) is 60.7 Å². The van der Waals surface area contributed by atoms with Crippen molar-refractivity contribution < 1.29 is 13.6 Å². The molecule has 3 aromatic heterocycles. The molecule has 0 saturated heterocycles. The van der Waals surface area contributed by atoms with E-state index < -0.39 is 5.91 Å². The van der Waals surface area contributed by atoms with Gasteiger partial charge in [0.05, 0.1) is 28.1 Å². The maximum atomic E-state index is 13.5. The summed E-state index contributed by atoms with van der Waals surface area (Å²) in [6.45, 7) is 0.105. The number of carbonyl (C=O) groups is 1. The molecular weight excluding hydrogens is 510 g/mol. The molecule has 0 radical (unpaired) electrons. The minimum Gasteiger partial charge on any atom is -0.467 e. The van der Waals surface area contributed by atoms with E-state index in [2.05, 4.69) is 5.32 Å². The summed E-state index contributed by atoms with van der Waals surface area (Å²) in [5.74, 6) is 0.910. The lowest BCUT2D eigenvalue weighted by Crippen LogP contribution is -2.33. The summed E-state index contributed by atoms with van der Waals surface area (Å²) in [5, 5.41) is 13.1. The maximum absolute atomic E-state index is 13.5. The second-order valence-electron chi connectivity index (χ2n) is 7.82. The Labute approximate surface area is 219 Å². The van der Waals surface area contributed by atoms with Crippen LogP contribution in [0.5, 0.6) is 0 Å².